The highest BCUT2D eigenvalue weighted by Gasteiger charge is 2.02. The first-order valence-corrected chi connectivity index (χ1v) is 7.51. The largest absolute Gasteiger partial charge is 0.469 e. The Balaban J connectivity index is 2.04. The third-order valence-corrected chi connectivity index (χ3v) is 3.37. The number of carbonyl (C=O) groups excluding carboxylic acids is 2. The summed E-state index contributed by atoms with van der Waals surface area (Å²) in [4.78, 5) is 22.6. The van der Waals surface area contributed by atoms with Gasteiger partial charge in [0.15, 0.2) is 0 Å². The van der Waals surface area contributed by atoms with Gasteiger partial charge >= 0.3 is 5.97 Å². The number of nitrogens with one attached hydrogen (secondary N) is 1. The minimum absolute atomic E-state index is 0.0866. The Morgan fingerprint density at radius 1 is 1.05 bits per heavy atom. The topological polar surface area (TPSA) is 55.4 Å². The van der Waals surface area contributed by atoms with Crippen LogP contribution in [0.5, 0.6) is 0 Å². The van der Waals surface area contributed by atoms with Gasteiger partial charge in [-0.1, -0.05) is 36.2 Å². The Kier molecular flexibility index (Phi) is 8.17. The molecule has 0 aliphatic heterocycles. The molecule has 0 fully saturated rings. The minimum Gasteiger partial charge on any atom is -0.469 e. The molecule has 1 aromatic carbocycles. The zero-order valence-electron chi connectivity index (χ0n) is 13.0. The van der Waals surface area contributed by atoms with Crippen LogP contribution in [0.1, 0.15) is 43.2 Å². The maximum atomic E-state index is 11.7. The van der Waals surface area contributed by atoms with Crippen LogP contribution in [0.25, 0.3) is 0 Å². The lowest BCUT2D eigenvalue weighted by Gasteiger charge is -2.05. The first-order valence-electron chi connectivity index (χ1n) is 7.51. The summed E-state index contributed by atoms with van der Waals surface area (Å²) < 4.78 is 4.57. The Bertz CT molecular complexity index is 440. The van der Waals surface area contributed by atoms with Crippen molar-refractivity contribution in [3.8, 4) is 0 Å². The Hall–Kier alpha value is -1.84. The molecule has 1 N–H and O–H groups in total. The maximum Gasteiger partial charge on any atom is 0.305 e. The average molecular weight is 291 g/mol. The van der Waals surface area contributed by atoms with Gasteiger partial charge in [-0.15, -0.1) is 0 Å². The van der Waals surface area contributed by atoms with Crippen molar-refractivity contribution in [3.63, 3.8) is 0 Å². The summed E-state index contributed by atoms with van der Waals surface area (Å²) in [7, 11) is 1.40. The van der Waals surface area contributed by atoms with Crippen LogP contribution in [-0.2, 0) is 20.7 Å². The number of hydrogen-bond donors (Lipinski definition) is 1. The second-order valence-corrected chi connectivity index (χ2v) is 5.22. The van der Waals surface area contributed by atoms with Crippen LogP contribution < -0.4 is 5.32 Å². The van der Waals surface area contributed by atoms with Crippen molar-refractivity contribution < 1.29 is 14.3 Å². The minimum atomic E-state index is -0.169. The van der Waals surface area contributed by atoms with E-state index in [0.29, 0.717) is 19.4 Å². The molecule has 0 aliphatic carbocycles. The molecule has 0 spiro atoms. The monoisotopic (exact) mass is 291 g/mol. The normalized spacial score (nSPS) is 10.2. The zero-order chi connectivity index (χ0) is 15.5. The Labute approximate surface area is 126 Å². The first-order chi connectivity index (χ1) is 10.1. The predicted molar refractivity (Wildman–Crippen MR) is 83.0 cm³/mol. The quantitative estimate of drug-likeness (QED) is 0.562. The van der Waals surface area contributed by atoms with Gasteiger partial charge in [0.25, 0.3) is 0 Å². The number of amides is 1. The van der Waals surface area contributed by atoms with Crippen molar-refractivity contribution in [3.05, 3.63) is 35.4 Å². The molecule has 116 valence electrons. The summed E-state index contributed by atoms with van der Waals surface area (Å²) in [5.74, 6) is -0.0827. The van der Waals surface area contributed by atoms with Gasteiger partial charge in [-0.2, -0.15) is 0 Å². The molecule has 0 saturated carbocycles. The van der Waals surface area contributed by atoms with E-state index in [9.17, 15) is 9.59 Å². The third-order valence-electron chi connectivity index (χ3n) is 3.37. The molecule has 0 atom stereocenters. The number of carbonyl (C=O) groups is 2. The summed E-state index contributed by atoms with van der Waals surface area (Å²) in [6.45, 7) is 2.73. The predicted octanol–water partition coefficient (Wildman–Crippen LogP) is 2.78. The van der Waals surface area contributed by atoms with Crippen LogP contribution in [-0.4, -0.2) is 25.5 Å². The number of rotatable bonds is 9. The van der Waals surface area contributed by atoms with Gasteiger partial charge in [0.1, 0.15) is 0 Å². The van der Waals surface area contributed by atoms with Crippen molar-refractivity contribution in [2.45, 2.75) is 45.4 Å². The number of esters is 1. The van der Waals surface area contributed by atoms with E-state index in [1.54, 1.807) is 0 Å². The second-order valence-electron chi connectivity index (χ2n) is 5.22. The van der Waals surface area contributed by atoms with Gasteiger partial charge < -0.3 is 10.1 Å². The van der Waals surface area contributed by atoms with Crippen LogP contribution in [0, 0.1) is 6.92 Å². The number of methoxy groups -OCH3 is 1. The Morgan fingerprint density at radius 3 is 2.43 bits per heavy atom. The van der Waals surface area contributed by atoms with Crippen molar-refractivity contribution in [2.75, 3.05) is 13.7 Å². The van der Waals surface area contributed by atoms with E-state index in [0.717, 1.165) is 25.7 Å². The highest BCUT2D eigenvalue weighted by atomic mass is 16.5. The second kappa shape index (κ2) is 9.97. The SMILES string of the molecule is COC(=O)CCCCCNC(=O)CCc1ccc(C)cc1. The number of ether oxygens (including phenoxy) is 1. The molecule has 1 amide bonds. The lowest BCUT2D eigenvalue weighted by Crippen LogP contribution is -2.24. The number of hydrogen-bond acceptors (Lipinski definition) is 3. The molecule has 0 unspecified atom stereocenters. The molecule has 0 aliphatic rings. The van der Waals surface area contributed by atoms with Gasteiger partial charge in [-0.3, -0.25) is 9.59 Å². The van der Waals surface area contributed by atoms with E-state index in [1.165, 1.54) is 18.2 Å². The molecule has 0 heterocycles. The van der Waals surface area contributed by atoms with Gasteiger partial charge in [0.05, 0.1) is 7.11 Å². The van der Waals surface area contributed by atoms with Crippen molar-refractivity contribution in [2.24, 2.45) is 0 Å². The molecule has 0 radical (unpaired) electrons. The lowest BCUT2D eigenvalue weighted by molar-refractivity contribution is -0.140. The first kappa shape index (κ1) is 17.2. The molecular formula is C17H25NO3. The molecule has 0 bridgehead atoms. The highest BCUT2D eigenvalue weighted by Crippen LogP contribution is 2.06. The van der Waals surface area contributed by atoms with Gasteiger partial charge in [0, 0.05) is 19.4 Å². The van der Waals surface area contributed by atoms with Crippen LogP contribution in [0.3, 0.4) is 0 Å². The third kappa shape index (κ3) is 8.12. The zero-order valence-corrected chi connectivity index (χ0v) is 13.0. The molecule has 0 aromatic heterocycles. The van der Waals surface area contributed by atoms with E-state index in [4.69, 9.17) is 0 Å². The van der Waals surface area contributed by atoms with Crippen molar-refractivity contribution >= 4 is 11.9 Å². The van der Waals surface area contributed by atoms with E-state index in [-0.39, 0.29) is 11.9 Å². The van der Waals surface area contributed by atoms with Crippen molar-refractivity contribution in [1.82, 2.24) is 5.32 Å². The molecule has 1 rings (SSSR count). The van der Waals surface area contributed by atoms with E-state index in [2.05, 4.69) is 41.2 Å². The van der Waals surface area contributed by atoms with Gasteiger partial charge in [0.2, 0.25) is 5.91 Å². The molecule has 21 heavy (non-hydrogen) atoms. The summed E-state index contributed by atoms with van der Waals surface area (Å²) in [6, 6.07) is 8.26. The maximum absolute atomic E-state index is 11.7. The smallest absolute Gasteiger partial charge is 0.305 e. The van der Waals surface area contributed by atoms with Gasteiger partial charge in [-0.05, 0) is 31.7 Å². The van der Waals surface area contributed by atoms with Crippen molar-refractivity contribution in [1.29, 1.82) is 0 Å². The van der Waals surface area contributed by atoms with Crippen LogP contribution in [0.15, 0.2) is 24.3 Å². The number of unbranched alkanes of at least 4 members (excludes halogenated alkanes) is 2. The summed E-state index contributed by atoms with van der Waals surface area (Å²) in [5.41, 5.74) is 2.42. The molecule has 4 nitrogen and oxygen atoms in total. The molecular weight excluding hydrogens is 266 g/mol. The number of aryl methyl sites for hydroxylation is 2. The summed E-state index contributed by atoms with van der Waals surface area (Å²) in [6.07, 6.45) is 4.38. The van der Waals surface area contributed by atoms with Crippen LogP contribution in [0.2, 0.25) is 0 Å². The summed E-state index contributed by atoms with van der Waals surface area (Å²) >= 11 is 0. The fourth-order valence-corrected chi connectivity index (χ4v) is 2.00. The highest BCUT2D eigenvalue weighted by molar-refractivity contribution is 5.76. The molecule has 1 aromatic rings. The lowest BCUT2D eigenvalue weighted by atomic mass is 10.1. The molecule has 0 saturated heterocycles. The fraction of sp³-hybridized carbons (Fsp3) is 0.529. The Morgan fingerprint density at radius 2 is 1.76 bits per heavy atom. The van der Waals surface area contributed by atoms with E-state index < -0.39 is 0 Å². The van der Waals surface area contributed by atoms with E-state index in [1.807, 2.05) is 0 Å². The number of benzene rings is 1. The average Bonchev–Trinajstić information content (AvgIpc) is 2.49. The van der Waals surface area contributed by atoms with Crippen LogP contribution >= 0.6 is 0 Å². The molecule has 4 heteroatoms. The standard InChI is InChI=1S/C17H25NO3/c1-14-7-9-15(10-8-14)11-12-16(19)18-13-5-3-4-6-17(20)21-2/h7-10H,3-6,11-13H2,1-2H3,(H,18,19). The van der Waals surface area contributed by atoms with Gasteiger partial charge in [-0.25, -0.2) is 0 Å². The summed E-state index contributed by atoms with van der Waals surface area (Å²) in [5, 5.41) is 2.91. The fourth-order valence-electron chi connectivity index (χ4n) is 2.00. The van der Waals surface area contributed by atoms with E-state index >= 15 is 0 Å². The van der Waals surface area contributed by atoms with Crippen LogP contribution in [0.4, 0.5) is 0 Å².